The van der Waals surface area contributed by atoms with Crippen LogP contribution in [0.2, 0.25) is 0 Å². The molecule has 4 heterocycles. The average molecular weight is 496 g/mol. The summed E-state index contributed by atoms with van der Waals surface area (Å²) in [5.41, 5.74) is 4.93. The summed E-state index contributed by atoms with van der Waals surface area (Å²) in [7, 11) is 0. The smallest absolute Gasteiger partial charge is 0.251 e. The van der Waals surface area contributed by atoms with Crippen LogP contribution < -0.4 is 5.32 Å². The quantitative estimate of drug-likeness (QED) is 0.338. The molecule has 3 N–H and O–H groups in total. The fourth-order valence-corrected chi connectivity index (χ4v) is 5.54. The second-order valence-electron chi connectivity index (χ2n) is 10.1. The number of amides is 1. The fourth-order valence-electron chi connectivity index (χ4n) is 5.54. The van der Waals surface area contributed by atoms with Gasteiger partial charge in [-0.15, -0.1) is 0 Å². The van der Waals surface area contributed by atoms with Crippen molar-refractivity contribution >= 4 is 27.8 Å². The van der Waals surface area contributed by atoms with Gasteiger partial charge in [0.2, 0.25) is 0 Å². The third kappa shape index (κ3) is 4.46. The first-order chi connectivity index (χ1) is 17.9. The summed E-state index contributed by atoms with van der Waals surface area (Å²) in [5, 5.41) is 23.1. The Kier molecular flexibility index (Phi) is 5.72. The summed E-state index contributed by atoms with van der Waals surface area (Å²) in [5.74, 6) is 0.695. The number of aromatic amines is 1. The molecule has 6 rings (SSSR count). The normalized spacial score (nSPS) is 19.9. The van der Waals surface area contributed by atoms with E-state index in [1.54, 1.807) is 18.6 Å². The van der Waals surface area contributed by atoms with Crippen LogP contribution in [-0.2, 0) is 6.54 Å². The number of benzene rings is 1. The molecule has 2 atom stereocenters. The lowest BCUT2D eigenvalue weighted by atomic mass is 9.81. The molecule has 1 saturated carbocycles. The predicted octanol–water partition coefficient (Wildman–Crippen LogP) is 4.09. The van der Waals surface area contributed by atoms with Crippen molar-refractivity contribution in [2.75, 3.05) is 0 Å². The minimum absolute atomic E-state index is 0.120. The number of carbonyl (C=O) groups is 1. The van der Waals surface area contributed by atoms with Crippen molar-refractivity contribution in [2.45, 2.75) is 57.7 Å². The number of aromatic nitrogens is 6. The molecule has 0 saturated heterocycles. The van der Waals surface area contributed by atoms with E-state index in [2.05, 4.69) is 35.0 Å². The zero-order valence-corrected chi connectivity index (χ0v) is 20.9. The number of hydrogen-bond acceptors (Lipinski definition) is 6. The Hall–Kier alpha value is -4.11. The highest BCUT2D eigenvalue weighted by Gasteiger charge is 2.36. The first kappa shape index (κ1) is 23.3. The van der Waals surface area contributed by atoms with Crippen molar-refractivity contribution < 1.29 is 9.90 Å². The summed E-state index contributed by atoms with van der Waals surface area (Å²) in [4.78, 5) is 26.3. The molecule has 9 heteroatoms. The molecule has 37 heavy (non-hydrogen) atoms. The van der Waals surface area contributed by atoms with Crippen LogP contribution in [0.3, 0.4) is 0 Å². The molecular formula is C28H29N7O2. The van der Waals surface area contributed by atoms with Crippen LogP contribution in [0.1, 0.15) is 47.6 Å². The topological polar surface area (TPSA) is 122 Å². The Labute approximate surface area is 214 Å². The summed E-state index contributed by atoms with van der Waals surface area (Å²) >= 11 is 0. The minimum atomic E-state index is -0.932. The van der Waals surface area contributed by atoms with Gasteiger partial charge in [0, 0.05) is 40.6 Å². The van der Waals surface area contributed by atoms with Crippen LogP contribution >= 0.6 is 0 Å². The highest BCUT2D eigenvalue weighted by Crippen LogP contribution is 2.32. The zero-order valence-electron chi connectivity index (χ0n) is 20.9. The lowest BCUT2D eigenvalue weighted by molar-refractivity contribution is -0.0207. The number of pyridine rings is 2. The average Bonchev–Trinajstić information content (AvgIpc) is 3.44. The number of nitrogens with one attached hydrogen (secondary N) is 2. The fraction of sp³-hybridized carbons (Fsp3) is 0.321. The van der Waals surface area contributed by atoms with E-state index in [1.807, 2.05) is 50.2 Å². The summed E-state index contributed by atoms with van der Waals surface area (Å²) < 4.78 is 2.05. The van der Waals surface area contributed by atoms with E-state index in [-0.39, 0.29) is 11.9 Å². The Morgan fingerprint density at radius 3 is 2.97 bits per heavy atom. The third-order valence-electron chi connectivity index (χ3n) is 7.35. The first-order valence-corrected chi connectivity index (χ1v) is 12.6. The van der Waals surface area contributed by atoms with Crippen LogP contribution in [0.4, 0.5) is 0 Å². The molecule has 188 valence electrons. The molecule has 9 nitrogen and oxygen atoms in total. The molecule has 4 aromatic heterocycles. The standard InChI is InChI=1S/C28H29N7O2/c1-17-12-19(7-11-30-17)26-22-13-20(5-6-23(22)33-34-26)27(36)32-21-4-3-9-28(37,14-21)16-35-18(2)31-24-15-29-10-8-25(24)35/h5-8,10-13,15,21,37H,3-4,9,14,16H2,1-2H3,(H,32,36)(H,33,34). The number of aryl methyl sites for hydroxylation is 2. The third-order valence-corrected chi connectivity index (χ3v) is 7.35. The lowest BCUT2D eigenvalue weighted by Gasteiger charge is -2.37. The number of aliphatic hydroxyl groups is 1. The maximum atomic E-state index is 13.3. The summed E-state index contributed by atoms with van der Waals surface area (Å²) in [6.45, 7) is 4.32. The second kappa shape index (κ2) is 9.08. The number of imidazole rings is 1. The second-order valence-corrected chi connectivity index (χ2v) is 10.1. The molecule has 0 aliphatic heterocycles. The molecule has 5 aromatic rings. The molecule has 2 unspecified atom stereocenters. The van der Waals surface area contributed by atoms with Crippen molar-refractivity contribution in [1.82, 2.24) is 35.0 Å². The van der Waals surface area contributed by atoms with Gasteiger partial charge in [-0.1, -0.05) is 0 Å². The van der Waals surface area contributed by atoms with Crippen LogP contribution in [0.15, 0.2) is 55.0 Å². The largest absolute Gasteiger partial charge is 0.388 e. The Balaban J connectivity index is 1.21. The van der Waals surface area contributed by atoms with Gasteiger partial charge in [0.05, 0.1) is 29.4 Å². The van der Waals surface area contributed by atoms with Crippen molar-refractivity contribution in [3.63, 3.8) is 0 Å². The van der Waals surface area contributed by atoms with Gasteiger partial charge in [-0.05, 0) is 75.9 Å². The van der Waals surface area contributed by atoms with Crippen molar-refractivity contribution in [3.05, 3.63) is 72.1 Å². The number of carbonyl (C=O) groups excluding carboxylic acids is 1. The number of fused-ring (bicyclic) bond motifs is 2. The zero-order chi connectivity index (χ0) is 25.6. The number of H-pyrrole nitrogens is 1. The Morgan fingerprint density at radius 2 is 2.11 bits per heavy atom. The van der Waals surface area contributed by atoms with Crippen molar-refractivity contribution in [3.8, 4) is 11.3 Å². The van der Waals surface area contributed by atoms with E-state index >= 15 is 0 Å². The molecule has 0 spiro atoms. The predicted molar refractivity (Wildman–Crippen MR) is 141 cm³/mol. The van der Waals surface area contributed by atoms with Gasteiger partial charge in [0.15, 0.2) is 0 Å². The Morgan fingerprint density at radius 1 is 1.22 bits per heavy atom. The van der Waals surface area contributed by atoms with Gasteiger partial charge < -0.3 is 15.0 Å². The monoisotopic (exact) mass is 495 g/mol. The SMILES string of the molecule is Cc1cc(-c2n[nH]c3ccc(C(=O)NC4CCCC(O)(Cn5c(C)nc6cnccc65)C4)cc23)ccn1. The summed E-state index contributed by atoms with van der Waals surface area (Å²) in [6.07, 6.45) is 8.07. The van der Waals surface area contributed by atoms with Crippen LogP contribution in [0, 0.1) is 13.8 Å². The van der Waals surface area contributed by atoms with Gasteiger partial charge >= 0.3 is 0 Å². The molecule has 1 aliphatic rings. The van der Waals surface area contributed by atoms with Gasteiger partial charge in [-0.25, -0.2) is 4.98 Å². The van der Waals surface area contributed by atoms with Crippen LogP contribution in [0.25, 0.3) is 33.2 Å². The van der Waals surface area contributed by atoms with Gasteiger partial charge in [0.25, 0.3) is 5.91 Å². The summed E-state index contributed by atoms with van der Waals surface area (Å²) in [6, 6.07) is 11.3. The highest BCUT2D eigenvalue weighted by molar-refractivity contribution is 6.01. The number of nitrogens with zero attached hydrogens (tertiary/aromatic N) is 5. The lowest BCUT2D eigenvalue weighted by Crippen LogP contribution is -2.47. The van der Waals surface area contributed by atoms with Crippen molar-refractivity contribution in [1.29, 1.82) is 0 Å². The van der Waals surface area contributed by atoms with Gasteiger partial charge in [-0.2, -0.15) is 5.10 Å². The van der Waals surface area contributed by atoms with Crippen LogP contribution in [0.5, 0.6) is 0 Å². The van der Waals surface area contributed by atoms with E-state index in [9.17, 15) is 9.90 Å². The van der Waals surface area contributed by atoms with Gasteiger partial charge in [-0.3, -0.25) is 19.9 Å². The van der Waals surface area contributed by atoms with E-state index in [4.69, 9.17) is 0 Å². The molecule has 1 amide bonds. The Bertz CT molecular complexity index is 1620. The minimum Gasteiger partial charge on any atom is -0.388 e. The highest BCUT2D eigenvalue weighted by atomic mass is 16.3. The van der Waals surface area contributed by atoms with Gasteiger partial charge in [0.1, 0.15) is 17.0 Å². The van der Waals surface area contributed by atoms with Crippen molar-refractivity contribution in [2.24, 2.45) is 0 Å². The van der Waals surface area contributed by atoms with E-state index in [0.717, 1.165) is 57.6 Å². The van der Waals surface area contributed by atoms with E-state index in [0.29, 0.717) is 24.9 Å². The molecule has 0 bridgehead atoms. The molecule has 1 fully saturated rings. The molecule has 0 radical (unpaired) electrons. The maximum absolute atomic E-state index is 13.3. The molecular weight excluding hydrogens is 466 g/mol. The van der Waals surface area contributed by atoms with Crippen LogP contribution in [-0.4, -0.2) is 52.4 Å². The maximum Gasteiger partial charge on any atom is 0.251 e. The van der Waals surface area contributed by atoms with E-state index in [1.165, 1.54) is 0 Å². The first-order valence-electron chi connectivity index (χ1n) is 12.6. The number of rotatable bonds is 5. The van der Waals surface area contributed by atoms with E-state index < -0.39 is 5.60 Å². The molecule has 1 aliphatic carbocycles. The molecule has 1 aromatic carbocycles. The number of hydrogen-bond donors (Lipinski definition) is 3.